The molecular formula is C9H11O. The second-order valence-electron chi connectivity index (χ2n) is 2.23. The maximum Gasteiger partial charge on any atom is 0.148 e. The Labute approximate surface area is 62.1 Å². The molecule has 0 N–H and O–H groups in total. The molecule has 0 bridgehead atoms. The first-order chi connectivity index (χ1) is 4.93. The van der Waals surface area contributed by atoms with Gasteiger partial charge in [0, 0.05) is 6.42 Å². The van der Waals surface area contributed by atoms with Crippen molar-refractivity contribution in [2.75, 3.05) is 6.61 Å². The minimum Gasteiger partial charge on any atom is -0.486 e. The molecule has 0 spiro atoms. The minimum atomic E-state index is 0.402. The van der Waals surface area contributed by atoms with Crippen LogP contribution in [0.1, 0.15) is 19.3 Å². The molecule has 0 saturated heterocycles. The average Bonchev–Trinajstić information content (AvgIpc) is 2.03. The molecule has 0 amide bonds. The van der Waals surface area contributed by atoms with Crippen molar-refractivity contribution in [3.05, 3.63) is 18.3 Å². The molecule has 0 aromatic carbocycles. The zero-order chi connectivity index (χ0) is 7.23. The van der Waals surface area contributed by atoms with E-state index < -0.39 is 0 Å². The molecule has 1 aliphatic rings. The third kappa shape index (κ3) is 2.14. The summed E-state index contributed by atoms with van der Waals surface area (Å²) in [6, 6.07) is 0. The monoisotopic (exact) mass is 135 g/mol. The fraction of sp³-hybridized carbons (Fsp3) is 0.444. The molecule has 0 aromatic heterocycles. The van der Waals surface area contributed by atoms with Gasteiger partial charge in [0.15, 0.2) is 0 Å². The Morgan fingerprint density at radius 1 is 1.60 bits per heavy atom. The maximum atomic E-state index is 5.23. The SMILES string of the molecule is C#CCOC1=CCC[CH]C1. The van der Waals surface area contributed by atoms with E-state index in [0.29, 0.717) is 6.61 Å². The quantitative estimate of drug-likeness (QED) is 0.525. The van der Waals surface area contributed by atoms with Gasteiger partial charge in [-0.2, -0.15) is 0 Å². The first-order valence-corrected chi connectivity index (χ1v) is 3.50. The second-order valence-corrected chi connectivity index (χ2v) is 2.23. The van der Waals surface area contributed by atoms with Gasteiger partial charge in [-0.3, -0.25) is 0 Å². The smallest absolute Gasteiger partial charge is 0.148 e. The largest absolute Gasteiger partial charge is 0.486 e. The number of rotatable bonds is 2. The van der Waals surface area contributed by atoms with E-state index in [1.54, 1.807) is 0 Å². The molecule has 0 saturated carbocycles. The summed E-state index contributed by atoms with van der Waals surface area (Å²) in [5.41, 5.74) is 0. The molecule has 0 unspecified atom stereocenters. The van der Waals surface area contributed by atoms with Gasteiger partial charge in [-0.05, 0) is 25.3 Å². The van der Waals surface area contributed by atoms with Crippen molar-refractivity contribution in [1.29, 1.82) is 0 Å². The molecule has 1 aliphatic carbocycles. The maximum absolute atomic E-state index is 5.23. The lowest BCUT2D eigenvalue weighted by Crippen LogP contribution is -1.97. The van der Waals surface area contributed by atoms with Crippen molar-refractivity contribution in [2.45, 2.75) is 19.3 Å². The minimum absolute atomic E-state index is 0.402. The van der Waals surface area contributed by atoms with Crippen LogP contribution in [0.15, 0.2) is 11.8 Å². The Morgan fingerprint density at radius 2 is 2.50 bits per heavy atom. The molecule has 0 aliphatic heterocycles. The third-order valence-corrected chi connectivity index (χ3v) is 1.43. The molecule has 0 atom stereocenters. The summed E-state index contributed by atoms with van der Waals surface area (Å²) in [4.78, 5) is 0. The summed E-state index contributed by atoms with van der Waals surface area (Å²) in [6.07, 6.45) is 12.6. The van der Waals surface area contributed by atoms with Crippen LogP contribution in [-0.4, -0.2) is 6.61 Å². The van der Waals surface area contributed by atoms with E-state index in [1.165, 1.54) is 6.42 Å². The Kier molecular flexibility index (Phi) is 2.89. The van der Waals surface area contributed by atoms with Crippen LogP contribution in [0, 0.1) is 18.8 Å². The molecule has 0 fully saturated rings. The van der Waals surface area contributed by atoms with E-state index in [-0.39, 0.29) is 0 Å². The zero-order valence-corrected chi connectivity index (χ0v) is 5.97. The van der Waals surface area contributed by atoms with Crippen LogP contribution < -0.4 is 0 Å². The Balaban J connectivity index is 2.26. The lowest BCUT2D eigenvalue weighted by molar-refractivity contribution is 0.241. The van der Waals surface area contributed by atoms with Crippen molar-refractivity contribution in [3.63, 3.8) is 0 Å². The highest BCUT2D eigenvalue weighted by Gasteiger charge is 2.02. The molecule has 1 radical (unpaired) electrons. The predicted octanol–water partition coefficient (Wildman–Crippen LogP) is 1.91. The van der Waals surface area contributed by atoms with Gasteiger partial charge in [-0.25, -0.2) is 0 Å². The number of terminal acetylenes is 1. The van der Waals surface area contributed by atoms with E-state index in [2.05, 4.69) is 18.4 Å². The zero-order valence-electron chi connectivity index (χ0n) is 5.97. The van der Waals surface area contributed by atoms with E-state index >= 15 is 0 Å². The topological polar surface area (TPSA) is 9.23 Å². The molecule has 10 heavy (non-hydrogen) atoms. The van der Waals surface area contributed by atoms with Crippen molar-refractivity contribution in [3.8, 4) is 12.3 Å². The number of allylic oxidation sites excluding steroid dienone is 2. The first-order valence-electron chi connectivity index (χ1n) is 3.50. The summed E-state index contributed by atoms with van der Waals surface area (Å²) in [5.74, 6) is 3.47. The van der Waals surface area contributed by atoms with E-state index in [9.17, 15) is 0 Å². The van der Waals surface area contributed by atoms with Crippen LogP contribution in [0.4, 0.5) is 0 Å². The molecule has 53 valence electrons. The van der Waals surface area contributed by atoms with Gasteiger partial charge in [-0.1, -0.05) is 5.92 Å². The summed E-state index contributed by atoms with van der Waals surface area (Å²) < 4.78 is 5.23. The molecule has 0 aromatic rings. The number of hydrogen-bond acceptors (Lipinski definition) is 1. The lowest BCUT2D eigenvalue weighted by Gasteiger charge is -2.11. The highest BCUT2D eigenvalue weighted by atomic mass is 16.5. The summed E-state index contributed by atoms with van der Waals surface area (Å²) in [5, 5.41) is 0. The predicted molar refractivity (Wildman–Crippen MR) is 41.0 cm³/mol. The molecular weight excluding hydrogens is 124 g/mol. The van der Waals surface area contributed by atoms with Crippen LogP contribution in [0.3, 0.4) is 0 Å². The molecule has 1 heteroatoms. The van der Waals surface area contributed by atoms with Crippen LogP contribution in [0.25, 0.3) is 0 Å². The average molecular weight is 135 g/mol. The molecule has 1 nitrogen and oxygen atoms in total. The number of ether oxygens (including phenoxy) is 1. The summed E-state index contributed by atoms with van der Waals surface area (Å²) in [6.45, 7) is 0.402. The van der Waals surface area contributed by atoms with Gasteiger partial charge in [0.1, 0.15) is 6.61 Å². The van der Waals surface area contributed by atoms with Crippen molar-refractivity contribution >= 4 is 0 Å². The van der Waals surface area contributed by atoms with Gasteiger partial charge >= 0.3 is 0 Å². The van der Waals surface area contributed by atoms with Crippen molar-refractivity contribution in [2.24, 2.45) is 0 Å². The van der Waals surface area contributed by atoms with E-state index in [1.807, 2.05) is 0 Å². The van der Waals surface area contributed by atoms with Gasteiger partial charge in [0.05, 0.1) is 5.76 Å². The van der Waals surface area contributed by atoms with Gasteiger partial charge < -0.3 is 4.74 Å². The highest BCUT2D eigenvalue weighted by molar-refractivity contribution is 5.03. The normalized spacial score (nSPS) is 17.3. The van der Waals surface area contributed by atoms with Gasteiger partial charge in [0.25, 0.3) is 0 Å². The number of hydrogen-bond donors (Lipinski definition) is 0. The standard InChI is InChI=1S/C9H11O/c1-2-8-10-9-6-4-3-5-7-9/h1,4,7H,3,5-6,8H2. The van der Waals surface area contributed by atoms with Crippen LogP contribution in [0.5, 0.6) is 0 Å². The first kappa shape index (κ1) is 7.21. The lowest BCUT2D eigenvalue weighted by atomic mass is 10.1. The Morgan fingerprint density at radius 3 is 3.10 bits per heavy atom. The molecule has 0 heterocycles. The van der Waals surface area contributed by atoms with E-state index in [4.69, 9.17) is 11.2 Å². The fourth-order valence-electron chi connectivity index (χ4n) is 0.942. The van der Waals surface area contributed by atoms with Crippen molar-refractivity contribution < 1.29 is 4.74 Å². The third-order valence-electron chi connectivity index (χ3n) is 1.43. The summed E-state index contributed by atoms with van der Waals surface area (Å²) in [7, 11) is 0. The fourth-order valence-corrected chi connectivity index (χ4v) is 0.942. The van der Waals surface area contributed by atoms with Crippen LogP contribution in [-0.2, 0) is 4.74 Å². The van der Waals surface area contributed by atoms with Crippen molar-refractivity contribution in [1.82, 2.24) is 0 Å². The van der Waals surface area contributed by atoms with E-state index in [0.717, 1.165) is 18.6 Å². The van der Waals surface area contributed by atoms with Gasteiger partial charge in [-0.15, -0.1) is 6.42 Å². The second kappa shape index (κ2) is 4.00. The van der Waals surface area contributed by atoms with Crippen LogP contribution >= 0.6 is 0 Å². The molecule has 1 rings (SSSR count). The highest BCUT2D eigenvalue weighted by Crippen LogP contribution is 2.16. The van der Waals surface area contributed by atoms with Gasteiger partial charge in [0.2, 0.25) is 0 Å². The Hall–Kier alpha value is -0.900. The summed E-state index contributed by atoms with van der Waals surface area (Å²) >= 11 is 0. The van der Waals surface area contributed by atoms with Crippen LogP contribution in [0.2, 0.25) is 0 Å². The Bertz CT molecular complexity index is 162.